The maximum Gasteiger partial charge on any atom is 0.137 e. The zero-order valence-corrected chi connectivity index (χ0v) is 12.9. The molecule has 0 fully saturated rings. The summed E-state index contributed by atoms with van der Waals surface area (Å²) >= 11 is 0. The molecule has 108 valence electrons. The standard InChI is InChI=1S/C18H20N2O/c1-12(2)14-8-9-17(21-4)15(10-14)16-11-20-13(3)6-5-7-18(20)19-16/h5-12H,1-4H3. The van der Waals surface area contributed by atoms with Gasteiger partial charge in [0.1, 0.15) is 11.4 Å². The predicted molar refractivity (Wildman–Crippen MR) is 86.0 cm³/mol. The van der Waals surface area contributed by atoms with E-state index in [0.29, 0.717) is 5.92 Å². The van der Waals surface area contributed by atoms with Crippen molar-refractivity contribution < 1.29 is 4.74 Å². The van der Waals surface area contributed by atoms with E-state index in [1.165, 1.54) is 11.3 Å². The number of fused-ring (bicyclic) bond motifs is 1. The molecule has 0 saturated carbocycles. The van der Waals surface area contributed by atoms with Crippen molar-refractivity contribution in [2.75, 3.05) is 7.11 Å². The molecule has 3 heteroatoms. The second-order valence-electron chi connectivity index (χ2n) is 5.64. The summed E-state index contributed by atoms with van der Waals surface area (Å²) in [6.07, 6.45) is 2.08. The lowest BCUT2D eigenvalue weighted by molar-refractivity contribution is 0.416. The molecular formula is C18H20N2O. The molecule has 0 aliphatic rings. The Morgan fingerprint density at radius 2 is 1.95 bits per heavy atom. The Bertz CT molecular complexity index is 787. The molecule has 3 aromatic rings. The van der Waals surface area contributed by atoms with Crippen LogP contribution in [-0.4, -0.2) is 16.5 Å². The molecule has 1 aromatic carbocycles. The van der Waals surface area contributed by atoms with Gasteiger partial charge in [0.05, 0.1) is 12.8 Å². The minimum atomic E-state index is 0.480. The van der Waals surface area contributed by atoms with Gasteiger partial charge in [-0.3, -0.25) is 0 Å². The number of hydrogen-bond acceptors (Lipinski definition) is 2. The van der Waals surface area contributed by atoms with Crippen LogP contribution in [0.1, 0.15) is 31.0 Å². The third kappa shape index (κ3) is 2.40. The highest BCUT2D eigenvalue weighted by Crippen LogP contribution is 2.32. The van der Waals surface area contributed by atoms with Crippen LogP contribution in [0.15, 0.2) is 42.6 Å². The van der Waals surface area contributed by atoms with E-state index in [9.17, 15) is 0 Å². The van der Waals surface area contributed by atoms with Crippen molar-refractivity contribution in [3.63, 3.8) is 0 Å². The first kappa shape index (κ1) is 13.7. The minimum absolute atomic E-state index is 0.480. The summed E-state index contributed by atoms with van der Waals surface area (Å²) in [7, 11) is 1.70. The molecule has 3 nitrogen and oxygen atoms in total. The van der Waals surface area contributed by atoms with Crippen LogP contribution in [0.5, 0.6) is 5.75 Å². The lowest BCUT2D eigenvalue weighted by Crippen LogP contribution is -1.93. The van der Waals surface area contributed by atoms with Gasteiger partial charge in [0.2, 0.25) is 0 Å². The van der Waals surface area contributed by atoms with Crippen LogP contribution in [0.4, 0.5) is 0 Å². The SMILES string of the molecule is COc1ccc(C(C)C)cc1-c1cn2c(C)cccc2n1. The van der Waals surface area contributed by atoms with Crippen molar-refractivity contribution >= 4 is 5.65 Å². The molecule has 0 atom stereocenters. The third-order valence-corrected chi connectivity index (χ3v) is 3.86. The largest absolute Gasteiger partial charge is 0.496 e. The molecule has 0 amide bonds. The van der Waals surface area contributed by atoms with Gasteiger partial charge < -0.3 is 9.14 Å². The normalized spacial score (nSPS) is 11.3. The fourth-order valence-electron chi connectivity index (χ4n) is 2.56. The maximum atomic E-state index is 5.51. The molecule has 0 aliphatic carbocycles. The lowest BCUT2D eigenvalue weighted by atomic mass is 9.99. The van der Waals surface area contributed by atoms with Crippen LogP contribution in [-0.2, 0) is 0 Å². The van der Waals surface area contributed by atoms with Gasteiger partial charge in [-0.25, -0.2) is 4.98 Å². The number of nitrogens with zero attached hydrogens (tertiary/aromatic N) is 2. The van der Waals surface area contributed by atoms with Gasteiger partial charge in [0, 0.05) is 17.5 Å². The molecule has 0 saturated heterocycles. The molecule has 0 aliphatic heterocycles. The Morgan fingerprint density at radius 3 is 2.62 bits per heavy atom. The van der Waals surface area contributed by atoms with Gasteiger partial charge in [0.15, 0.2) is 0 Å². The van der Waals surface area contributed by atoms with Gasteiger partial charge in [-0.1, -0.05) is 26.0 Å². The van der Waals surface area contributed by atoms with Gasteiger partial charge in [-0.15, -0.1) is 0 Å². The second kappa shape index (κ2) is 5.24. The zero-order chi connectivity index (χ0) is 15.0. The lowest BCUT2D eigenvalue weighted by Gasteiger charge is -2.11. The Morgan fingerprint density at radius 1 is 1.14 bits per heavy atom. The number of methoxy groups -OCH3 is 1. The van der Waals surface area contributed by atoms with Crippen molar-refractivity contribution in [2.24, 2.45) is 0 Å². The van der Waals surface area contributed by atoms with Crippen LogP contribution in [0.2, 0.25) is 0 Å². The van der Waals surface area contributed by atoms with Crippen LogP contribution in [0.25, 0.3) is 16.9 Å². The fourth-order valence-corrected chi connectivity index (χ4v) is 2.56. The first-order valence-electron chi connectivity index (χ1n) is 7.23. The zero-order valence-electron chi connectivity index (χ0n) is 12.9. The molecule has 0 bridgehead atoms. The van der Waals surface area contributed by atoms with Gasteiger partial charge in [0.25, 0.3) is 0 Å². The van der Waals surface area contributed by atoms with Crippen molar-refractivity contribution in [1.29, 1.82) is 0 Å². The molecule has 0 radical (unpaired) electrons. The average molecular weight is 280 g/mol. The molecule has 2 aromatic heterocycles. The van der Waals surface area contributed by atoms with E-state index in [4.69, 9.17) is 9.72 Å². The summed E-state index contributed by atoms with van der Waals surface area (Å²) < 4.78 is 7.62. The smallest absolute Gasteiger partial charge is 0.137 e. The Kier molecular flexibility index (Phi) is 3.42. The molecule has 3 rings (SSSR count). The molecule has 2 heterocycles. The average Bonchev–Trinajstić information content (AvgIpc) is 2.92. The highest BCUT2D eigenvalue weighted by molar-refractivity contribution is 5.70. The monoisotopic (exact) mass is 280 g/mol. The number of rotatable bonds is 3. The number of aryl methyl sites for hydroxylation is 1. The first-order valence-corrected chi connectivity index (χ1v) is 7.23. The summed E-state index contributed by atoms with van der Waals surface area (Å²) in [5, 5.41) is 0. The van der Waals surface area contributed by atoms with E-state index in [1.54, 1.807) is 7.11 Å². The van der Waals surface area contributed by atoms with Gasteiger partial charge >= 0.3 is 0 Å². The number of pyridine rings is 1. The van der Waals surface area contributed by atoms with E-state index >= 15 is 0 Å². The highest BCUT2D eigenvalue weighted by Gasteiger charge is 2.12. The van der Waals surface area contributed by atoms with Crippen LogP contribution >= 0.6 is 0 Å². The molecule has 0 unspecified atom stereocenters. The quantitative estimate of drug-likeness (QED) is 0.709. The van der Waals surface area contributed by atoms with Crippen molar-refractivity contribution in [2.45, 2.75) is 26.7 Å². The summed E-state index contributed by atoms with van der Waals surface area (Å²) in [5.41, 5.74) is 5.42. The summed E-state index contributed by atoms with van der Waals surface area (Å²) in [6.45, 7) is 6.47. The predicted octanol–water partition coefficient (Wildman–Crippen LogP) is 4.44. The van der Waals surface area contributed by atoms with Gasteiger partial charge in [-0.2, -0.15) is 0 Å². The topological polar surface area (TPSA) is 26.5 Å². The molecule has 21 heavy (non-hydrogen) atoms. The first-order chi connectivity index (χ1) is 10.1. The maximum absolute atomic E-state index is 5.51. The summed E-state index contributed by atoms with van der Waals surface area (Å²) in [5.74, 6) is 1.34. The number of ether oxygens (including phenoxy) is 1. The van der Waals surface area contributed by atoms with Crippen molar-refractivity contribution in [3.8, 4) is 17.0 Å². The van der Waals surface area contributed by atoms with Crippen LogP contribution in [0, 0.1) is 6.92 Å². The van der Waals surface area contributed by atoms with E-state index in [2.05, 4.69) is 49.6 Å². The van der Waals surface area contributed by atoms with E-state index in [0.717, 1.165) is 22.7 Å². The molecule has 0 N–H and O–H groups in total. The van der Waals surface area contributed by atoms with Gasteiger partial charge in [-0.05, 0) is 42.7 Å². The van der Waals surface area contributed by atoms with Crippen LogP contribution < -0.4 is 4.74 Å². The second-order valence-corrected chi connectivity index (χ2v) is 5.64. The van der Waals surface area contributed by atoms with E-state index in [1.807, 2.05) is 18.2 Å². The van der Waals surface area contributed by atoms with Crippen molar-refractivity contribution in [3.05, 3.63) is 53.9 Å². The number of benzene rings is 1. The van der Waals surface area contributed by atoms with Crippen molar-refractivity contribution in [1.82, 2.24) is 9.38 Å². The van der Waals surface area contributed by atoms with Crippen LogP contribution in [0.3, 0.4) is 0 Å². The molecule has 0 spiro atoms. The van der Waals surface area contributed by atoms with E-state index < -0.39 is 0 Å². The Balaban J connectivity index is 2.21. The Hall–Kier alpha value is -2.29. The summed E-state index contributed by atoms with van der Waals surface area (Å²) in [4.78, 5) is 4.74. The number of hydrogen-bond donors (Lipinski definition) is 0. The third-order valence-electron chi connectivity index (χ3n) is 3.86. The number of imidazole rings is 1. The fraction of sp³-hybridized carbons (Fsp3) is 0.278. The molecular weight excluding hydrogens is 260 g/mol. The van der Waals surface area contributed by atoms with E-state index in [-0.39, 0.29) is 0 Å². The highest BCUT2D eigenvalue weighted by atomic mass is 16.5. The minimum Gasteiger partial charge on any atom is -0.496 e. The summed E-state index contributed by atoms with van der Waals surface area (Å²) in [6, 6.07) is 12.5. The number of aromatic nitrogens is 2. The Labute approximate surface area is 125 Å².